The fourth-order valence-electron chi connectivity index (χ4n) is 2.41. The topological polar surface area (TPSA) is 92.1 Å². The summed E-state index contributed by atoms with van der Waals surface area (Å²) in [5.74, 6) is -0.0213. The normalized spacial score (nSPS) is 12.8. The summed E-state index contributed by atoms with van der Waals surface area (Å²) in [5, 5.41) is 17.7. The number of amides is 1. The van der Waals surface area contributed by atoms with Crippen LogP contribution in [0.5, 0.6) is 0 Å². The van der Waals surface area contributed by atoms with Crippen LogP contribution in [0.15, 0.2) is 24.4 Å². The van der Waals surface area contributed by atoms with Crippen molar-refractivity contribution < 1.29 is 9.72 Å². The SMILES string of the molecule is CCC(=O)N1Cc2cn[nH]c2-c2cc([N+](=O)[O-])ccc21. The largest absolute Gasteiger partial charge is 0.307 e. The number of aromatic nitrogens is 2. The molecule has 0 aliphatic carbocycles. The van der Waals surface area contributed by atoms with Gasteiger partial charge in [-0.05, 0) is 6.07 Å². The number of aromatic amines is 1. The van der Waals surface area contributed by atoms with Gasteiger partial charge in [0.15, 0.2) is 0 Å². The van der Waals surface area contributed by atoms with Crippen molar-refractivity contribution in [2.45, 2.75) is 19.9 Å². The zero-order valence-corrected chi connectivity index (χ0v) is 10.8. The second-order valence-corrected chi connectivity index (χ2v) is 4.56. The van der Waals surface area contributed by atoms with Crippen molar-refractivity contribution in [1.29, 1.82) is 0 Å². The quantitative estimate of drug-likeness (QED) is 0.670. The minimum atomic E-state index is -0.448. The van der Waals surface area contributed by atoms with Crippen molar-refractivity contribution >= 4 is 17.3 Å². The van der Waals surface area contributed by atoms with Crippen molar-refractivity contribution in [2.24, 2.45) is 0 Å². The van der Waals surface area contributed by atoms with Crippen molar-refractivity contribution in [2.75, 3.05) is 4.90 Å². The van der Waals surface area contributed by atoms with Crippen LogP contribution in [0.25, 0.3) is 11.3 Å². The maximum Gasteiger partial charge on any atom is 0.270 e. The first kappa shape index (κ1) is 12.3. The maximum absolute atomic E-state index is 12.0. The predicted molar refractivity (Wildman–Crippen MR) is 72.2 cm³/mol. The van der Waals surface area contributed by atoms with E-state index in [4.69, 9.17) is 0 Å². The van der Waals surface area contributed by atoms with Gasteiger partial charge in [-0.1, -0.05) is 6.92 Å². The molecule has 102 valence electrons. The molecular weight excluding hydrogens is 260 g/mol. The molecule has 0 fully saturated rings. The van der Waals surface area contributed by atoms with E-state index in [2.05, 4.69) is 10.2 Å². The number of nitro benzene ring substituents is 1. The number of nitrogens with zero attached hydrogens (tertiary/aromatic N) is 3. The van der Waals surface area contributed by atoms with E-state index < -0.39 is 4.92 Å². The highest BCUT2D eigenvalue weighted by Crippen LogP contribution is 2.39. The Bertz CT molecular complexity index is 707. The molecule has 0 saturated heterocycles. The molecule has 0 unspecified atom stereocenters. The second kappa shape index (κ2) is 4.44. The Labute approximate surface area is 114 Å². The molecule has 0 atom stereocenters. The number of carbonyl (C=O) groups is 1. The molecule has 1 aliphatic rings. The second-order valence-electron chi connectivity index (χ2n) is 4.56. The first-order valence-corrected chi connectivity index (χ1v) is 6.23. The number of nitrogens with one attached hydrogen (secondary N) is 1. The molecule has 1 aromatic heterocycles. The number of hydrogen-bond acceptors (Lipinski definition) is 4. The van der Waals surface area contributed by atoms with Gasteiger partial charge >= 0.3 is 0 Å². The molecule has 1 aliphatic heterocycles. The third-order valence-electron chi connectivity index (χ3n) is 3.40. The first-order chi connectivity index (χ1) is 9.61. The summed E-state index contributed by atoms with van der Waals surface area (Å²) in [6.45, 7) is 2.22. The molecule has 7 nitrogen and oxygen atoms in total. The Morgan fingerprint density at radius 3 is 3.05 bits per heavy atom. The lowest BCUT2D eigenvalue weighted by atomic mass is 9.99. The van der Waals surface area contributed by atoms with Gasteiger partial charge in [-0.3, -0.25) is 20.0 Å². The van der Waals surface area contributed by atoms with Gasteiger partial charge in [-0.15, -0.1) is 0 Å². The van der Waals surface area contributed by atoms with E-state index in [9.17, 15) is 14.9 Å². The lowest BCUT2D eigenvalue weighted by molar-refractivity contribution is -0.384. The van der Waals surface area contributed by atoms with Crippen LogP contribution in [0.2, 0.25) is 0 Å². The fraction of sp³-hybridized carbons (Fsp3) is 0.231. The van der Waals surface area contributed by atoms with E-state index in [-0.39, 0.29) is 11.6 Å². The molecule has 2 aromatic rings. The Morgan fingerprint density at radius 1 is 1.55 bits per heavy atom. The molecule has 1 amide bonds. The molecule has 1 aromatic carbocycles. The Hall–Kier alpha value is -2.70. The summed E-state index contributed by atoms with van der Waals surface area (Å²) in [5.41, 5.74) is 2.91. The summed E-state index contributed by atoms with van der Waals surface area (Å²) >= 11 is 0. The zero-order chi connectivity index (χ0) is 14.3. The van der Waals surface area contributed by atoms with Crippen LogP contribution in [0.3, 0.4) is 0 Å². The molecule has 2 heterocycles. The summed E-state index contributed by atoms with van der Waals surface area (Å²) in [7, 11) is 0. The average Bonchev–Trinajstić information content (AvgIpc) is 2.93. The van der Waals surface area contributed by atoms with Gasteiger partial charge in [-0.2, -0.15) is 5.10 Å². The van der Waals surface area contributed by atoms with Gasteiger partial charge in [0.05, 0.1) is 29.0 Å². The van der Waals surface area contributed by atoms with Crippen molar-refractivity contribution in [3.63, 3.8) is 0 Å². The molecule has 1 N–H and O–H groups in total. The number of benzene rings is 1. The highest BCUT2D eigenvalue weighted by atomic mass is 16.6. The number of carbonyl (C=O) groups excluding carboxylic acids is 1. The Kier molecular flexibility index (Phi) is 2.74. The van der Waals surface area contributed by atoms with Crippen molar-refractivity contribution in [1.82, 2.24) is 10.2 Å². The number of hydrogen-bond donors (Lipinski definition) is 1. The minimum absolute atomic E-state index is 0.00454. The fourth-order valence-corrected chi connectivity index (χ4v) is 2.41. The number of fused-ring (bicyclic) bond motifs is 3. The van der Waals surface area contributed by atoms with Gasteiger partial charge in [0.1, 0.15) is 0 Å². The van der Waals surface area contributed by atoms with Crippen LogP contribution < -0.4 is 4.90 Å². The highest BCUT2D eigenvalue weighted by molar-refractivity contribution is 5.99. The van der Waals surface area contributed by atoms with Gasteiger partial charge in [0.2, 0.25) is 5.91 Å². The number of non-ortho nitro benzene ring substituents is 1. The minimum Gasteiger partial charge on any atom is -0.307 e. The molecule has 0 spiro atoms. The van der Waals surface area contributed by atoms with Crippen LogP contribution in [0.1, 0.15) is 18.9 Å². The molecule has 0 saturated carbocycles. The molecule has 20 heavy (non-hydrogen) atoms. The van der Waals surface area contributed by atoms with E-state index >= 15 is 0 Å². The summed E-state index contributed by atoms with van der Waals surface area (Å²) in [6, 6.07) is 4.50. The number of nitro groups is 1. The predicted octanol–water partition coefficient (Wildman–Crippen LogP) is 2.24. The smallest absolute Gasteiger partial charge is 0.270 e. The van der Waals surface area contributed by atoms with Crippen LogP contribution in [0.4, 0.5) is 11.4 Å². The van der Waals surface area contributed by atoms with Gasteiger partial charge in [-0.25, -0.2) is 0 Å². The average molecular weight is 272 g/mol. The van der Waals surface area contributed by atoms with E-state index in [1.165, 1.54) is 12.1 Å². The first-order valence-electron chi connectivity index (χ1n) is 6.23. The Morgan fingerprint density at radius 2 is 2.35 bits per heavy atom. The van der Waals surface area contributed by atoms with Gasteiger partial charge in [0, 0.05) is 29.7 Å². The molecule has 0 radical (unpaired) electrons. The number of rotatable bonds is 2. The molecule has 0 bridgehead atoms. The van der Waals surface area contributed by atoms with E-state index in [0.717, 1.165) is 11.3 Å². The molecule has 7 heteroatoms. The lowest BCUT2D eigenvalue weighted by Crippen LogP contribution is -2.32. The van der Waals surface area contributed by atoms with Gasteiger partial charge in [0.25, 0.3) is 5.69 Å². The van der Waals surface area contributed by atoms with Crippen LogP contribution in [-0.4, -0.2) is 21.0 Å². The number of H-pyrrole nitrogens is 1. The highest BCUT2D eigenvalue weighted by Gasteiger charge is 2.28. The van der Waals surface area contributed by atoms with Crippen LogP contribution >= 0.6 is 0 Å². The lowest BCUT2D eigenvalue weighted by Gasteiger charge is -2.28. The molecule has 3 rings (SSSR count). The summed E-state index contributed by atoms with van der Waals surface area (Å²) < 4.78 is 0. The summed E-state index contributed by atoms with van der Waals surface area (Å²) in [6.07, 6.45) is 2.02. The van der Waals surface area contributed by atoms with Crippen molar-refractivity contribution in [3.05, 3.63) is 40.1 Å². The zero-order valence-electron chi connectivity index (χ0n) is 10.8. The monoisotopic (exact) mass is 272 g/mol. The standard InChI is InChI=1S/C13H12N4O3/c1-2-12(18)16-7-8-6-14-15-13(8)10-5-9(17(19)20)3-4-11(10)16/h3-6H,2,7H2,1H3,(H,14,15). The van der Waals surface area contributed by atoms with E-state index in [1.807, 2.05) is 0 Å². The summed E-state index contributed by atoms with van der Waals surface area (Å²) in [4.78, 5) is 24.1. The van der Waals surface area contributed by atoms with Crippen LogP contribution in [-0.2, 0) is 11.3 Å². The van der Waals surface area contributed by atoms with Gasteiger partial charge < -0.3 is 4.90 Å². The van der Waals surface area contributed by atoms with Crippen molar-refractivity contribution in [3.8, 4) is 11.3 Å². The van der Waals surface area contributed by atoms with E-state index in [0.29, 0.717) is 24.2 Å². The third-order valence-corrected chi connectivity index (χ3v) is 3.40. The number of anilines is 1. The third kappa shape index (κ3) is 1.75. The van der Waals surface area contributed by atoms with Crippen LogP contribution in [0, 0.1) is 10.1 Å². The Balaban J connectivity index is 2.20. The maximum atomic E-state index is 12.0. The molecular formula is C13H12N4O3. The van der Waals surface area contributed by atoms with E-state index in [1.54, 1.807) is 24.1 Å².